The SMILES string of the molecule is CCCCCCCCCCCCCCCCc1cccc(C(OC(C)=O)C(COC(C)=O)NC(C)=O)n1. The second-order valence-corrected chi connectivity index (χ2v) is 10.0. The van der Waals surface area contributed by atoms with E-state index in [2.05, 4.69) is 12.2 Å². The van der Waals surface area contributed by atoms with E-state index in [1.54, 1.807) is 6.07 Å². The van der Waals surface area contributed by atoms with Crippen LogP contribution in [0, 0.1) is 0 Å². The number of ether oxygens (including phenoxy) is 2. The normalized spacial score (nSPS) is 12.5. The summed E-state index contributed by atoms with van der Waals surface area (Å²) < 4.78 is 10.6. The number of hydrogen-bond donors (Lipinski definition) is 1. The lowest BCUT2D eigenvalue weighted by Crippen LogP contribution is -2.43. The molecule has 0 spiro atoms. The van der Waals surface area contributed by atoms with Gasteiger partial charge in [0.2, 0.25) is 5.91 Å². The van der Waals surface area contributed by atoms with Gasteiger partial charge < -0.3 is 14.8 Å². The van der Waals surface area contributed by atoms with E-state index in [4.69, 9.17) is 14.5 Å². The Kier molecular flexibility index (Phi) is 18.1. The largest absolute Gasteiger partial charge is 0.464 e. The number of esters is 2. The van der Waals surface area contributed by atoms with E-state index in [0.717, 1.165) is 25.0 Å². The van der Waals surface area contributed by atoms with Crippen molar-refractivity contribution in [3.63, 3.8) is 0 Å². The van der Waals surface area contributed by atoms with Gasteiger partial charge in [-0.25, -0.2) is 0 Å². The average Bonchev–Trinajstić information content (AvgIpc) is 2.85. The molecular formula is C30H50N2O5. The Balaban J connectivity index is 2.43. The van der Waals surface area contributed by atoms with Crippen LogP contribution in [-0.2, 0) is 30.3 Å². The average molecular weight is 519 g/mol. The molecule has 0 aliphatic rings. The van der Waals surface area contributed by atoms with Gasteiger partial charge in [-0.2, -0.15) is 0 Å². The number of rotatable bonds is 21. The molecule has 37 heavy (non-hydrogen) atoms. The van der Waals surface area contributed by atoms with E-state index in [-0.39, 0.29) is 12.5 Å². The van der Waals surface area contributed by atoms with Crippen LogP contribution in [0.1, 0.15) is 135 Å². The minimum Gasteiger partial charge on any atom is -0.464 e. The van der Waals surface area contributed by atoms with Crippen molar-refractivity contribution in [2.24, 2.45) is 0 Å². The van der Waals surface area contributed by atoms with Gasteiger partial charge in [-0.3, -0.25) is 19.4 Å². The van der Waals surface area contributed by atoms with E-state index >= 15 is 0 Å². The molecule has 2 atom stereocenters. The van der Waals surface area contributed by atoms with Crippen LogP contribution in [-0.4, -0.2) is 35.5 Å². The van der Waals surface area contributed by atoms with Crippen LogP contribution < -0.4 is 5.32 Å². The van der Waals surface area contributed by atoms with Crippen LogP contribution in [0.25, 0.3) is 0 Å². The molecule has 0 saturated carbocycles. The standard InChI is InChI=1S/C30H50N2O5/c1-5-6-7-8-9-10-11-12-13-14-15-16-17-18-20-27-21-19-22-28(32-27)30(37-26(4)35)29(31-24(2)33)23-36-25(3)34/h19,21-22,29-30H,5-18,20,23H2,1-4H3,(H,31,33). The minimum absolute atomic E-state index is 0.113. The van der Waals surface area contributed by atoms with Crippen molar-refractivity contribution in [3.05, 3.63) is 29.6 Å². The Morgan fingerprint density at radius 3 is 1.81 bits per heavy atom. The fraction of sp³-hybridized carbons (Fsp3) is 0.733. The topological polar surface area (TPSA) is 94.6 Å². The molecule has 1 aromatic rings. The zero-order valence-corrected chi connectivity index (χ0v) is 23.7. The highest BCUT2D eigenvalue weighted by atomic mass is 16.6. The van der Waals surface area contributed by atoms with Gasteiger partial charge in [-0.05, 0) is 25.0 Å². The molecule has 0 bridgehead atoms. The van der Waals surface area contributed by atoms with Crippen molar-refractivity contribution in [2.45, 2.75) is 136 Å². The van der Waals surface area contributed by atoms with Crippen LogP contribution in [0.2, 0.25) is 0 Å². The maximum atomic E-state index is 11.8. The Hall–Kier alpha value is -2.44. The summed E-state index contributed by atoms with van der Waals surface area (Å²) in [6.45, 7) is 6.12. The third-order valence-corrected chi connectivity index (χ3v) is 6.42. The molecular weight excluding hydrogens is 468 g/mol. The van der Waals surface area contributed by atoms with Gasteiger partial charge in [-0.15, -0.1) is 0 Å². The fourth-order valence-corrected chi connectivity index (χ4v) is 4.50. The van der Waals surface area contributed by atoms with Crippen molar-refractivity contribution in [1.29, 1.82) is 0 Å². The minimum atomic E-state index is -0.850. The molecule has 1 aromatic heterocycles. The predicted octanol–water partition coefficient (Wildman–Crippen LogP) is 6.78. The molecule has 7 nitrogen and oxygen atoms in total. The number of aromatic nitrogens is 1. The number of nitrogens with zero attached hydrogens (tertiary/aromatic N) is 1. The summed E-state index contributed by atoms with van der Waals surface area (Å²) >= 11 is 0. The third kappa shape index (κ3) is 16.8. The van der Waals surface area contributed by atoms with Gasteiger partial charge in [0, 0.05) is 26.5 Å². The summed E-state index contributed by atoms with van der Waals surface area (Å²) in [5, 5.41) is 2.72. The number of nitrogens with one attached hydrogen (secondary N) is 1. The number of unbranched alkanes of at least 4 members (excludes halogenated alkanes) is 13. The molecule has 0 fully saturated rings. The van der Waals surface area contributed by atoms with Gasteiger partial charge in [0.25, 0.3) is 0 Å². The summed E-state index contributed by atoms with van der Waals surface area (Å²) in [6.07, 6.45) is 18.4. The summed E-state index contributed by atoms with van der Waals surface area (Å²) in [6, 6.07) is 4.89. The number of hydrogen-bond acceptors (Lipinski definition) is 6. The van der Waals surface area contributed by atoms with E-state index in [1.807, 2.05) is 12.1 Å². The van der Waals surface area contributed by atoms with Crippen LogP contribution >= 0.6 is 0 Å². The van der Waals surface area contributed by atoms with Crippen LogP contribution in [0.4, 0.5) is 0 Å². The van der Waals surface area contributed by atoms with Gasteiger partial charge >= 0.3 is 11.9 Å². The molecule has 1 N–H and O–H groups in total. The molecule has 1 amide bonds. The molecule has 0 aliphatic heterocycles. The molecule has 0 saturated heterocycles. The quantitative estimate of drug-likeness (QED) is 0.142. The maximum absolute atomic E-state index is 11.8. The van der Waals surface area contributed by atoms with Gasteiger partial charge in [0.1, 0.15) is 12.6 Å². The number of carbonyl (C=O) groups excluding carboxylic acids is 3. The highest BCUT2D eigenvalue weighted by Crippen LogP contribution is 2.22. The second kappa shape index (κ2) is 20.6. The molecule has 0 aliphatic carbocycles. The molecule has 0 aromatic carbocycles. The Morgan fingerprint density at radius 1 is 0.784 bits per heavy atom. The lowest BCUT2D eigenvalue weighted by molar-refractivity contribution is -0.152. The summed E-state index contributed by atoms with van der Waals surface area (Å²) in [5.41, 5.74) is 1.45. The van der Waals surface area contributed by atoms with Crippen molar-refractivity contribution in [3.8, 4) is 0 Å². The Labute approximate surface area is 224 Å². The first kappa shape index (κ1) is 32.6. The first-order chi connectivity index (χ1) is 17.8. The van der Waals surface area contributed by atoms with Gasteiger partial charge in [-0.1, -0.05) is 96.5 Å². The van der Waals surface area contributed by atoms with E-state index in [1.165, 1.54) is 97.8 Å². The summed E-state index contributed by atoms with van der Waals surface area (Å²) in [4.78, 5) is 39.6. The van der Waals surface area contributed by atoms with Crippen LogP contribution in [0.15, 0.2) is 18.2 Å². The Bertz CT molecular complexity index is 783. The molecule has 7 heteroatoms. The molecule has 1 rings (SSSR count). The monoisotopic (exact) mass is 518 g/mol. The number of amides is 1. The van der Waals surface area contributed by atoms with Crippen molar-refractivity contribution in [1.82, 2.24) is 10.3 Å². The van der Waals surface area contributed by atoms with Crippen molar-refractivity contribution < 1.29 is 23.9 Å². The molecule has 210 valence electrons. The molecule has 1 heterocycles. The van der Waals surface area contributed by atoms with Gasteiger partial charge in [0.15, 0.2) is 6.10 Å². The van der Waals surface area contributed by atoms with E-state index < -0.39 is 24.1 Å². The zero-order chi connectivity index (χ0) is 27.3. The molecule has 2 unspecified atom stereocenters. The Morgan fingerprint density at radius 2 is 1.32 bits per heavy atom. The summed E-state index contributed by atoms with van der Waals surface area (Å²) in [5.74, 6) is -1.29. The van der Waals surface area contributed by atoms with Crippen molar-refractivity contribution in [2.75, 3.05) is 6.61 Å². The number of carbonyl (C=O) groups is 3. The van der Waals surface area contributed by atoms with E-state index in [9.17, 15) is 14.4 Å². The maximum Gasteiger partial charge on any atom is 0.303 e. The second-order valence-electron chi connectivity index (χ2n) is 10.0. The van der Waals surface area contributed by atoms with E-state index in [0.29, 0.717) is 5.69 Å². The lowest BCUT2D eigenvalue weighted by Gasteiger charge is -2.26. The first-order valence-corrected chi connectivity index (χ1v) is 14.4. The van der Waals surface area contributed by atoms with Crippen LogP contribution in [0.3, 0.4) is 0 Å². The number of aryl methyl sites for hydroxylation is 1. The molecule has 0 radical (unpaired) electrons. The third-order valence-electron chi connectivity index (χ3n) is 6.42. The van der Waals surface area contributed by atoms with Gasteiger partial charge in [0.05, 0.1) is 5.69 Å². The highest BCUT2D eigenvalue weighted by molar-refractivity contribution is 5.73. The fourth-order valence-electron chi connectivity index (χ4n) is 4.50. The summed E-state index contributed by atoms with van der Waals surface area (Å²) in [7, 11) is 0. The van der Waals surface area contributed by atoms with Crippen molar-refractivity contribution >= 4 is 17.8 Å². The zero-order valence-electron chi connectivity index (χ0n) is 23.7. The number of pyridine rings is 1. The predicted molar refractivity (Wildman–Crippen MR) is 147 cm³/mol. The lowest BCUT2D eigenvalue weighted by atomic mass is 10.0. The smallest absolute Gasteiger partial charge is 0.303 e. The highest BCUT2D eigenvalue weighted by Gasteiger charge is 2.29. The van der Waals surface area contributed by atoms with Crippen LogP contribution in [0.5, 0.6) is 0 Å². The first-order valence-electron chi connectivity index (χ1n) is 14.4.